The number of likely N-dealkylation sites (tertiary alicyclic amines) is 1. The number of hydrogen-bond donors (Lipinski definition) is 3. The molecule has 1 aliphatic heterocycles. The lowest BCUT2D eigenvalue weighted by molar-refractivity contribution is -0.137. The Balaban J connectivity index is 2.32. The zero-order valence-corrected chi connectivity index (χ0v) is 14.0. The van der Waals surface area contributed by atoms with Crippen molar-refractivity contribution in [2.24, 2.45) is 11.5 Å². The van der Waals surface area contributed by atoms with Gasteiger partial charge in [0.1, 0.15) is 10.4 Å². The van der Waals surface area contributed by atoms with Crippen molar-refractivity contribution in [3.63, 3.8) is 0 Å². The van der Waals surface area contributed by atoms with Crippen molar-refractivity contribution in [3.8, 4) is 0 Å². The molecule has 1 aromatic heterocycles. The second-order valence-electron chi connectivity index (χ2n) is 5.66. The van der Waals surface area contributed by atoms with E-state index in [1.54, 1.807) is 5.38 Å². The molecule has 10 heteroatoms. The molecule has 0 radical (unpaired) electrons. The lowest BCUT2D eigenvalue weighted by atomic mass is 9.83. The van der Waals surface area contributed by atoms with Crippen LogP contribution in [0.2, 0.25) is 0 Å². The van der Waals surface area contributed by atoms with E-state index in [9.17, 15) is 19.2 Å². The molecule has 1 atom stereocenters. The molecule has 1 aromatic rings. The van der Waals surface area contributed by atoms with Crippen LogP contribution in [-0.2, 0) is 31.0 Å². The van der Waals surface area contributed by atoms with Crippen molar-refractivity contribution >= 4 is 35.0 Å². The lowest BCUT2D eigenvalue weighted by Crippen LogP contribution is -2.43. The second kappa shape index (κ2) is 6.95. The first-order chi connectivity index (χ1) is 11.3. The Labute approximate surface area is 142 Å². The van der Waals surface area contributed by atoms with Gasteiger partial charge in [-0.25, -0.2) is 4.98 Å². The first kappa shape index (κ1) is 17.9. The van der Waals surface area contributed by atoms with E-state index < -0.39 is 17.2 Å². The summed E-state index contributed by atoms with van der Waals surface area (Å²) in [4.78, 5) is 52.5. The van der Waals surface area contributed by atoms with Crippen LogP contribution in [0.5, 0.6) is 0 Å². The fourth-order valence-corrected chi connectivity index (χ4v) is 3.81. The highest BCUT2D eigenvalue weighted by Gasteiger charge is 2.51. The Hall–Kier alpha value is -2.49. The summed E-state index contributed by atoms with van der Waals surface area (Å²) in [5.41, 5.74) is 9.81. The van der Waals surface area contributed by atoms with Crippen LogP contribution in [0.3, 0.4) is 0 Å². The predicted molar refractivity (Wildman–Crippen MR) is 85.8 cm³/mol. The molecule has 2 heterocycles. The van der Waals surface area contributed by atoms with Crippen molar-refractivity contribution < 1.29 is 19.2 Å². The van der Waals surface area contributed by atoms with Crippen LogP contribution in [0.4, 0.5) is 0 Å². The molecule has 1 fully saturated rings. The molecule has 1 aliphatic rings. The fourth-order valence-electron chi connectivity index (χ4n) is 2.77. The van der Waals surface area contributed by atoms with Crippen LogP contribution in [0, 0.1) is 0 Å². The van der Waals surface area contributed by atoms with Gasteiger partial charge >= 0.3 is 0 Å². The van der Waals surface area contributed by atoms with E-state index in [0.29, 0.717) is 23.7 Å². The van der Waals surface area contributed by atoms with Gasteiger partial charge in [-0.1, -0.05) is 0 Å². The molecule has 0 saturated carbocycles. The zero-order chi connectivity index (χ0) is 17.9. The van der Waals surface area contributed by atoms with Crippen molar-refractivity contribution in [2.75, 3.05) is 20.1 Å². The number of nitrogens with zero attached hydrogens (tertiary/aromatic N) is 2. The zero-order valence-electron chi connectivity index (χ0n) is 13.2. The van der Waals surface area contributed by atoms with E-state index in [2.05, 4.69) is 10.3 Å². The number of carbonyl (C=O) groups excluding carboxylic acids is 4. The highest BCUT2D eigenvalue weighted by atomic mass is 32.1. The van der Waals surface area contributed by atoms with E-state index in [0.717, 1.165) is 0 Å². The lowest BCUT2D eigenvalue weighted by Gasteiger charge is -2.24. The Morgan fingerprint density at radius 3 is 2.67 bits per heavy atom. The van der Waals surface area contributed by atoms with Crippen LogP contribution >= 0.6 is 11.3 Å². The Morgan fingerprint density at radius 2 is 2.08 bits per heavy atom. The SMILES string of the molecule is CNC(=O)Cc1csc(C2(CC(N)=O)CCN(CC(N)=O)C2=O)n1. The number of likely N-dealkylation sites (N-methyl/N-ethyl adjacent to an activating group) is 1. The number of primary amides is 2. The molecule has 2 rings (SSSR count). The minimum absolute atomic E-state index is 0.0822. The van der Waals surface area contributed by atoms with E-state index in [4.69, 9.17) is 11.5 Å². The largest absolute Gasteiger partial charge is 0.370 e. The number of rotatable bonds is 7. The third kappa shape index (κ3) is 3.53. The van der Waals surface area contributed by atoms with Crippen LogP contribution < -0.4 is 16.8 Å². The van der Waals surface area contributed by atoms with Crippen molar-refractivity contribution in [2.45, 2.75) is 24.7 Å². The molecular weight excluding hydrogens is 334 g/mol. The van der Waals surface area contributed by atoms with Crippen molar-refractivity contribution in [3.05, 3.63) is 16.1 Å². The average Bonchev–Trinajstić information content (AvgIpc) is 3.07. The molecule has 1 saturated heterocycles. The number of aromatic nitrogens is 1. The van der Waals surface area contributed by atoms with Gasteiger partial charge in [0, 0.05) is 25.4 Å². The second-order valence-corrected chi connectivity index (χ2v) is 6.52. The monoisotopic (exact) mass is 353 g/mol. The topological polar surface area (TPSA) is 148 Å². The molecule has 0 aromatic carbocycles. The summed E-state index contributed by atoms with van der Waals surface area (Å²) >= 11 is 1.20. The molecule has 0 spiro atoms. The first-order valence-corrected chi connectivity index (χ1v) is 8.18. The molecule has 0 aliphatic carbocycles. The third-order valence-electron chi connectivity index (χ3n) is 3.91. The Morgan fingerprint density at radius 1 is 1.38 bits per heavy atom. The number of thiazole rings is 1. The smallest absolute Gasteiger partial charge is 0.237 e. The summed E-state index contributed by atoms with van der Waals surface area (Å²) < 4.78 is 0. The minimum Gasteiger partial charge on any atom is -0.370 e. The molecule has 5 N–H and O–H groups in total. The van der Waals surface area contributed by atoms with Gasteiger partial charge in [-0.05, 0) is 6.42 Å². The van der Waals surface area contributed by atoms with E-state index in [-0.39, 0.29) is 31.2 Å². The molecule has 0 bridgehead atoms. The number of nitrogens with one attached hydrogen (secondary N) is 1. The van der Waals surface area contributed by atoms with Gasteiger partial charge in [0.2, 0.25) is 23.6 Å². The van der Waals surface area contributed by atoms with Gasteiger partial charge in [0.05, 0.1) is 18.7 Å². The van der Waals surface area contributed by atoms with E-state index in [1.165, 1.54) is 23.3 Å². The van der Waals surface area contributed by atoms with Crippen LogP contribution in [0.1, 0.15) is 23.5 Å². The van der Waals surface area contributed by atoms with E-state index >= 15 is 0 Å². The number of amides is 4. The summed E-state index contributed by atoms with van der Waals surface area (Å²) in [7, 11) is 1.52. The maximum Gasteiger partial charge on any atom is 0.237 e. The molecular formula is C14H19N5O4S. The summed E-state index contributed by atoms with van der Waals surface area (Å²) in [6, 6.07) is 0. The summed E-state index contributed by atoms with van der Waals surface area (Å²) in [5.74, 6) is -1.85. The Kier molecular flexibility index (Phi) is 5.17. The highest BCUT2D eigenvalue weighted by Crippen LogP contribution is 2.40. The standard InChI is InChI=1S/C14H19N5O4S/c1-17-11(22)4-8-7-24-12(18-8)14(5-9(15)20)2-3-19(13(14)23)6-10(16)21/h7H,2-6H2,1H3,(H2,15,20)(H2,16,21)(H,17,22). The fraction of sp³-hybridized carbons (Fsp3) is 0.500. The van der Waals surface area contributed by atoms with E-state index in [1.807, 2.05) is 0 Å². The number of hydrogen-bond acceptors (Lipinski definition) is 6. The number of carbonyl (C=O) groups is 4. The van der Waals surface area contributed by atoms with Gasteiger partial charge in [0.15, 0.2) is 0 Å². The highest BCUT2D eigenvalue weighted by molar-refractivity contribution is 7.10. The third-order valence-corrected chi connectivity index (χ3v) is 5.00. The van der Waals surface area contributed by atoms with Crippen molar-refractivity contribution in [1.29, 1.82) is 0 Å². The Bertz CT molecular complexity index is 688. The maximum atomic E-state index is 12.8. The summed E-state index contributed by atoms with van der Waals surface area (Å²) in [5, 5.41) is 4.60. The quantitative estimate of drug-likeness (QED) is 0.532. The van der Waals surface area contributed by atoms with Crippen LogP contribution in [0.15, 0.2) is 5.38 Å². The average molecular weight is 353 g/mol. The maximum absolute atomic E-state index is 12.8. The van der Waals surface area contributed by atoms with Crippen LogP contribution in [-0.4, -0.2) is 53.6 Å². The summed E-state index contributed by atoms with van der Waals surface area (Å²) in [6.45, 7) is 0.0786. The molecule has 24 heavy (non-hydrogen) atoms. The van der Waals surface area contributed by atoms with Gasteiger partial charge in [-0.15, -0.1) is 11.3 Å². The van der Waals surface area contributed by atoms with Crippen molar-refractivity contribution in [1.82, 2.24) is 15.2 Å². The van der Waals surface area contributed by atoms with Gasteiger partial charge in [0.25, 0.3) is 0 Å². The minimum atomic E-state index is -1.19. The molecule has 130 valence electrons. The normalized spacial score (nSPS) is 20.2. The van der Waals surface area contributed by atoms with Gasteiger partial charge < -0.3 is 21.7 Å². The predicted octanol–water partition coefficient (Wildman–Crippen LogP) is -1.74. The molecule has 4 amide bonds. The van der Waals surface area contributed by atoms with Crippen LogP contribution in [0.25, 0.3) is 0 Å². The first-order valence-electron chi connectivity index (χ1n) is 7.30. The number of nitrogens with two attached hydrogens (primary N) is 2. The molecule has 1 unspecified atom stereocenters. The summed E-state index contributed by atoms with van der Waals surface area (Å²) in [6.07, 6.45) is 0.196. The molecule has 9 nitrogen and oxygen atoms in total. The van der Waals surface area contributed by atoms with Gasteiger partial charge in [-0.2, -0.15) is 0 Å². The van der Waals surface area contributed by atoms with Gasteiger partial charge in [-0.3, -0.25) is 19.2 Å².